The van der Waals surface area contributed by atoms with Gasteiger partial charge in [0.1, 0.15) is 0 Å². The summed E-state index contributed by atoms with van der Waals surface area (Å²) in [5, 5.41) is 0.514. The third-order valence-corrected chi connectivity index (χ3v) is 5.35. The molecule has 0 amide bonds. The predicted molar refractivity (Wildman–Crippen MR) is 81.4 cm³/mol. The molecule has 2 atom stereocenters. The summed E-state index contributed by atoms with van der Waals surface area (Å²) in [6, 6.07) is 3.83. The summed E-state index contributed by atoms with van der Waals surface area (Å²) >= 11 is 11.6. The molecule has 0 spiro atoms. The Hall–Kier alpha value is -0.370. The number of halogens is 2. The minimum atomic E-state index is -3.65. The summed E-state index contributed by atoms with van der Waals surface area (Å²) < 4.78 is 37.7. The lowest BCUT2D eigenvalue weighted by Gasteiger charge is -2.17. The molecular formula is C13H17Cl2NO4S. The van der Waals surface area contributed by atoms with Crippen molar-refractivity contribution >= 4 is 33.2 Å². The highest BCUT2D eigenvalue weighted by Gasteiger charge is 2.21. The van der Waals surface area contributed by atoms with Gasteiger partial charge < -0.3 is 9.47 Å². The zero-order valence-corrected chi connectivity index (χ0v) is 13.8. The van der Waals surface area contributed by atoms with Crippen LogP contribution in [-0.2, 0) is 19.5 Å². The molecule has 1 fully saturated rings. The maximum atomic E-state index is 12.2. The van der Waals surface area contributed by atoms with Crippen molar-refractivity contribution < 1.29 is 17.9 Å². The fourth-order valence-corrected chi connectivity index (χ4v) is 3.55. The summed E-state index contributed by atoms with van der Waals surface area (Å²) in [5.74, 6) is 0. The molecule has 5 nitrogen and oxygen atoms in total. The van der Waals surface area contributed by atoms with Crippen molar-refractivity contribution in [3.8, 4) is 0 Å². The van der Waals surface area contributed by atoms with Gasteiger partial charge in [-0.3, -0.25) is 0 Å². The summed E-state index contributed by atoms with van der Waals surface area (Å²) in [6.07, 6.45) is 0.883. The Morgan fingerprint density at radius 3 is 2.81 bits per heavy atom. The van der Waals surface area contributed by atoms with Gasteiger partial charge in [-0.1, -0.05) is 23.2 Å². The number of ether oxygens (including phenoxy) is 2. The lowest BCUT2D eigenvalue weighted by Crippen LogP contribution is -2.37. The topological polar surface area (TPSA) is 64.6 Å². The van der Waals surface area contributed by atoms with Crippen LogP contribution in [0.25, 0.3) is 0 Å². The first-order valence-corrected chi connectivity index (χ1v) is 8.79. The Kier molecular flexibility index (Phi) is 5.88. The van der Waals surface area contributed by atoms with E-state index in [1.165, 1.54) is 18.2 Å². The van der Waals surface area contributed by atoms with Crippen molar-refractivity contribution in [2.24, 2.45) is 0 Å². The second-order valence-electron chi connectivity index (χ2n) is 4.92. The van der Waals surface area contributed by atoms with E-state index < -0.39 is 10.0 Å². The van der Waals surface area contributed by atoms with Gasteiger partial charge in [0.15, 0.2) is 0 Å². The van der Waals surface area contributed by atoms with Gasteiger partial charge in [-0.15, -0.1) is 0 Å². The molecule has 0 saturated carbocycles. The third kappa shape index (κ3) is 4.81. The number of hydrogen-bond donors (Lipinski definition) is 1. The lowest BCUT2D eigenvalue weighted by molar-refractivity contribution is 0.0353. The van der Waals surface area contributed by atoms with Gasteiger partial charge in [0.2, 0.25) is 10.0 Å². The molecule has 2 unspecified atom stereocenters. The molecule has 1 heterocycles. The van der Waals surface area contributed by atoms with Crippen LogP contribution in [0.4, 0.5) is 0 Å². The van der Waals surface area contributed by atoms with E-state index in [1.807, 2.05) is 0 Å². The van der Waals surface area contributed by atoms with Gasteiger partial charge in [-0.2, -0.15) is 0 Å². The van der Waals surface area contributed by atoms with Gasteiger partial charge in [-0.05, 0) is 31.5 Å². The molecule has 8 heteroatoms. The van der Waals surface area contributed by atoms with E-state index >= 15 is 0 Å². The molecule has 1 aliphatic heterocycles. The van der Waals surface area contributed by atoms with Crippen molar-refractivity contribution in [3.63, 3.8) is 0 Å². The van der Waals surface area contributed by atoms with Gasteiger partial charge in [-0.25, -0.2) is 13.1 Å². The van der Waals surface area contributed by atoms with Crippen LogP contribution in [0, 0.1) is 0 Å². The van der Waals surface area contributed by atoms with Crippen molar-refractivity contribution in [2.45, 2.75) is 30.4 Å². The van der Waals surface area contributed by atoms with Crippen LogP contribution in [0.15, 0.2) is 23.1 Å². The van der Waals surface area contributed by atoms with E-state index in [4.69, 9.17) is 32.7 Å². The molecule has 0 aromatic heterocycles. The van der Waals surface area contributed by atoms with Crippen LogP contribution in [0.3, 0.4) is 0 Å². The molecule has 1 N–H and O–H groups in total. The van der Waals surface area contributed by atoms with Crippen LogP contribution < -0.4 is 4.72 Å². The molecule has 118 valence electrons. The highest BCUT2D eigenvalue weighted by Crippen LogP contribution is 2.24. The summed E-state index contributed by atoms with van der Waals surface area (Å²) in [6.45, 7) is 3.28. The average Bonchev–Trinajstić information content (AvgIpc) is 2.92. The predicted octanol–water partition coefficient (Wildman–Crippen LogP) is 2.47. The van der Waals surface area contributed by atoms with Crippen molar-refractivity contribution in [3.05, 3.63) is 28.2 Å². The van der Waals surface area contributed by atoms with Gasteiger partial charge >= 0.3 is 0 Å². The highest BCUT2D eigenvalue weighted by molar-refractivity contribution is 7.89. The number of hydrogen-bond acceptors (Lipinski definition) is 4. The van der Waals surface area contributed by atoms with Crippen LogP contribution in [0.2, 0.25) is 10.0 Å². The molecule has 1 aliphatic rings. The Labute approximate surface area is 134 Å². The average molecular weight is 354 g/mol. The quantitative estimate of drug-likeness (QED) is 0.852. The van der Waals surface area contributed by atoms with Crippen LogP contribution in [0.1, 0.15) is 13.3 Å². The zero-order valence-electron chi connectivity index (χ0n) is 11.5. The molecule has 0 aliphatic carbocycles. The SMILES string of the molecule is CC(COC1CCOC1)NS(=O)(=O)c1ccc(Cl)c(Cl)c1. The molecule has 0 radical (unpaired) electrons. The molecule has 21 heavy (non-hydrogen) atoms. The fraction of sp³-hybridized carbons (Fsp3) is 0.538. The number of rotatable bonds is 6. The normalized spacial score (nSPS) is 20.6. The van der Waals surface area contributed by atoms with Crippen molar-refractivity contribution in [1.29, 1.82) is 0 Å². The molecule has 1 saturated heterocycles. The smallest absolute Gasteiger partial charge is 0.240 e. The Bertz CT molecular complexity index is 588. The van der Waals surface area contributed by atoms with Gasteiger partial charge in [0, 0.05) is 12.6 Å². The monoisotopic (exact) mass is 353 g/mol. The fourth-order valence-electron chi connectivity index (χ4n) is 1.94. The van der Waals surface area contributed by atoms with E-state index in [1.54, 1.807) is 6.92 Å². The molecular weight excluding hydrogens is 337 g/mol. The van der Waals surface area contributed by atoms with Crippen LogP contribution in [0.5, 0.6) is 0 Å². The molecule has 2 rings (SSSR count). The second kappa shape index (κ2) is 7.26. The maximum Gasteiger partial charge on any atom is 0.240 e. The maximum absolute atomic E-state index is 12.2. The molecule has 1 aromatic carbocycles. The summed E-state index contributed by atoms with van der Waals surface area (Å²) in [7, 11) is -3.65. The van der Waals surface area contributed by atoms with Crippen LogP contribution in [-0.4, -0.2) is 40.4 Å². The minimum absolute atomic E-state index is 0.0435. The van der Waals surface area contributed by atoms with Crippen molar-refractivity contribution in [1.82, 2.24) is 4.72 Å². The lowest BCUT2D eigenvalue weighted by atomic mass is 10.3. The second-order valence-corrected chi connectivity index (χ2v) is 7.45. The van der Waals surface area contributed by atoms with E-state index in [0.29, 0.717) is 18.2 Å². The van der Waals surface area contributed by atoms with Gasteiger partial charge in [0.25, 0.3) is 0 Å². The first kappa shape index (κ1) is 17.0. The van der Waals surface area contributed by atoms with Crippen LogP contribution >= 0.6 is 23.2 Å². The van der Waals surface area contributed by atoms with E-state index in [0.717, 1.165) is 6.42 Å². The van der Waals surface area contributed by atoms with E-state index in [-0.39, 0.29) is 28.7 Å². The van der Waals surface area contributed by atoms with Gasteiger partial charge in [0.05, 0.1) is 34.3 Å². The first-order chi connectivity index (χ1) is 9.88. The molecule has 1 aromatic rings. The summed E-state index contributed by atoms with van der Waals surface area (Å²) in [4.78, 5) is 0.0768. The number of sulfonamides is 1. The number of benzene rings is 1. The van der Waals surface area contributed by atoms with E-state index in [9.17, 15) is 8.42 Å². The highest BCUT2D eigenvalue weighted by atomic mass is 35.5. The van der Waals surface area contributed by atoms with Crippen molar-refractivity contribution in [2.75, 3.05) is 19.8 Å². The largest absolute Gasteiger partial charge is 0.379 e. The summed E-state index contributed by atoms with van der Waals surface area (Å²) in [5.41, 5.74) is 0. The third-order valence-electron chi connectivity index (χ3n) is 3.03. The molecule has 0 bridgehead atoms. The Morgan fingerprint density at radius 1 is 1.43 bits per heavy atom. The Balaban J connectivity index is 1.94. The Morgan fingerprint density at radius 2 is 2.19 bits per heavy atom. The standard InChI is InChI=1S/C13H17Cl2NO4S/c1-9(7-20-10-4-5-19-8-10)16-21(17,18)11-2-3-12(14)13(15)6-11/h2-3,6,9-10,16H,4-5,7-8H2,1H3. The zero-order chi connectivity index (χ0) is 15.5. The van der Waals surface area contributed by atoms with E-state index in [2.05, 4.69) is 4.72 Å². The number of nitrogens with one attached hydrogen (secondary N) is 1. The first-order valence-electron chi connectivity index (χ1n) is 6.55. The minimum Gasteiger partial charge on any atom is -0.379 e.